The fourth-order valence-corrected chi connectivity index (χ4v) is 2.27. The average Bonchev–Trinajstić information content (AvgIpc) is 2.25. The van der Waals surface area contributed by atoms with E-state index < -0.39 is 12.7 Å². The van der Waals surface area contributed by atoms with Crippen molar-refractivity contribution in [1.29, 1.82) is 5.41 Å². The number of nitrogens with two attached hydrogens (primary N) is 1. The second kappa shape index (κ2) is 5.51. The smallest absolute Gasteiger partial charge is 0.384 e. The zero-order valence-corrected chi connectivity index (χ0v) is 10.8. The second-order valence-corrected chi connectivity index (χ2v) is 4.59. The predicted molar refractivity (Wildman–Crippen MR) is 68.6 cm³/mol. The molecule has 7 heteroatoms. The lowest BCUT2D eigenvalue weighted by Gasteiger charge is -2.24. The molecule has 1 aromatic carbocycles. The van der Waals surface area contributed by atoms with Crippen LogP contribution < -0.4 is 10.6 Å². The van der Waals surface area contributed by atoms with Gasteiger partial charge in [-0.3, -0.25) is 5.41 Å². The Labute approximate surface area is 108 Å². The monoisotopic (exact) mass is 277 g/mol. The summed E-state index contributed by atoms with van der Waals surface area (Å²) >= 11 is 1.34. The van der Waals surface area contributed by atoms with Crippen LogP contribution >= 0.6 is 11.8 Å². The Hall–Kier alpha value is -1.37. The molecule has 100 valence electrons. The summed E-state index contributed by atoms with van der Waals surface area (Å²) in [6.07, 6.45) is -2.51. The molecule has 18 heavy (non-hydrogen) atoms. The Bertz CT molecular complexity index is 446. The van der Waals surface area contributed by atoms with Crippen molar-refractivity contribution in [3.8, 4) is 0 Å². The molecule has 0 aliphatic carbocycles. The summed E-state index contributed by atoms with van der Waals surface area (Å²) in [5.74, 6) is -0.232. The first-order valence-electron chi connectivity index (χ1n) is 5.05. The van der Waals surface area contributed by atoms with Gasteiger partial charge in [-0.05, 0) is 18.4 Å². The summed E-state index contributed by atoms with van der Waals surface area (Å²) in [5, 5.41) is 7.50. The first-order chi connectivity index (χ1) is 8.26. The highest BCUT2D eigenvalue weighted by Crippen LogP contribution is 2.30. The number of nitrogens with one attached hydrogen (secondary N) is 1. The number of halogens is 3. The van der Waals surface area contributed by atoms with E-state index in [-0.39, 0.29) is 5.84 Å². The number of anilines is 1. The predicted octanol–water partition coefficient (Wildman–Crippen LogP) is 2.69. The summed E-state index contributed by atoms with van der Waals surface area (Å²) in [6.45, 7) is -1.08. The minimum absolute atomic E-state index is 0.232. The minimum Gasteiger partial charge on any atom is -0.384 e. The molecule has 0 bridgehead atoms. The van der Waals surface area contributed by atoms with Gasteiger partial charge < -0.3 is 10.6 Å². The SMILES string of the molecule is CSc1cccc(N(C)CC(F)(F)F)c1C(=N)N. The summed E-state index contributed by atoms with van der Waals surface area (Å²) in [4.78, 5) is 1.74. The van der Waals surface area contributed by atoms with Crippen molar-refractivity contribution in [3.63, 3.8) is 0 Å². The van der Waals surface area contributed by atoms with Crippen LogP contribution in [0.15, 0.2) is 23.1 Å². The molecule has 3 N–H and O–H groups in total. The maximum absolute atomic E-state index is 12.4. The molecule has 0 aliphatic heterocycles. The third-order valence-corrected chi connectivity index (χ3v) is 3.10. The highest BCUT2D eigenvalue weighted by molar-refractivity contribution is 7.98. The van der Waals surface area contributed by atoms with E-state index in [9.17, 15) is 13.2 Å². The maximum atomic E-state index is 12.4. The summed E-state index contributed by atoms with van der Waals surface area (Å²) < 4.78 is 37.1. The first kappa shape index (κ1) is 14.7. The van der Waals surface area contributed by atoms with E-state index in [4.69, 9.17) is 11.1 Å². The van der Waals surface area contributed by atoms with Gasteiger partial charge in [-0.15, -0.1) is 11.8 Å². The van der Waals surface area contributed by atoms with Crippen LogP contribution in [0.4, 0.5) is 18.9 Å². The van der Waals surface area contributed by atoms with Gasteiger partial charge in [0.05, 0.1) is 5.56 Å². The van der Waals surface area contributed by atoms with Gasteiger partial charge in [-0.1, -0.05) is 6.07 Å². The molecule has 0 saturated heterocycles. The van der Waals surface area contributed by atoms with Crippen LogP contribution in [0.3, 0.4) is 0 Å². The van der Waals surface area contributed by atoms with Crippen molar-refractivity contribution in [2.24, 2.45) is 5.73 Å². The van der Waals surface area contributed by atoms with Crippen molar-refractivity contribution in [3.05, 3.63) is 23.8 Å². The van der Waals surface area contributed by atoms with Crippen LogP contribution in [0.2, 0.25) is 0 Å². The van der Waals surface area contributed by atoms with Gasteiger partial charge in [0.25, 0.3) is 0 Å². The van der Waals surface area contributed by atoms with E-state index in [1.54, 1.807) is 18.4 Å². The lowest BCUT2D eigenvalue weighted by molar-refractivity contribution is -0.119. The number of rotatable bonds is 4. The molecule has 0 heterocycles. The zero-order chi connectivity index (χ0) is 13.9. The van der Waals surface area contributed by atoms with Crippen molar-refractivity contribution in [2.45, 2.75) is 11.1 Å². The van der Waals surface area contributed by atoms with Crippen LogP contribution in [0.25, 0.3) is 0 Å². The van der Waals surface area contributed by atoms with Gasteiger partial charge in [0, 0.05) is 17.6 Å². The fraction of sp³-hybridized carbons (Fsp3) is 0.364. The third-order valence-electron chi connectivity index (χ3n) is 2.32. The molecule has 1 aromatic rings. The molecular formula is C11H14F3N3S. The molecule has 0 fully saturated rings. The topological polar surface area (TPSA) is 53.1 Å². The summed E-state index contributed by atoms with van der Waals surface area (Å²) in [6, 6.07) is 4.91. The zero-order valence-electron chi connectivity index (χ0n) is 10.0. The Morgan fingerprint density at radius 2 is 2.06 bits per heavy atom. The number of amidine groups is 1. The Morgan fingerprint density at radius 3 is 2.50 bits per heavy atom. The van der Waals surface area contributed by atoms with Crippen LogP contribution in [0, 0.1) is 5.41 Å². The lowest BCUT2D eigenvalue weighted by atomic mass is 10.1. The Kier molecular flexibility index (Phi) is 4.50. The van der Waals surface area contributed by atoms with E-state index in [1.165, 1.54) is 24.9 Å². The molecular weight excluding hydrogens is 263 g/mol. The standard InChI is InChI=1S/C11H14F3N3S/c1-17(6-11(12,13)14)7-4-3-5-8(18-2)9(7)10(15)16/h3-5H,6H2,1-2H3,(H3,15,16). The number of hydrogen-bond acceptors (Lipinski definition) is 3. The molecule has 0 spiro atoms. The average molecular weight is 277 g/mol. The van der Waals surface area contributed by atoms with Crippen LogP contribution in [-0.4, -0.2) is 31.9 Å². The third kappa shape index (κ3) is 3.56. The summed E-state index contributed by atoms with van der Waals surface area (Å²) in [7, 11) is 1.33. The van der Waals surface area contributed by atoms with E-state index in [1.807, 2.05) is 0 Å². The molecule has 3 nitrogen and oxygen atoms in total. The van der Waals surface area contributed by atoms with Crippen molar-refractivity contribution in [1.82, 2.24) is 0 Å². The van der Waals surface area contributed by atoms with E-state index in [2.05, 4.69) is 0 Å². The Morgan fingerprint density at radius 1 is 1.44 bits per heavy atom. The largest absolute Gasteiger partial charge is 0.405 e. The lowest BCUT2D eigenvalue weighted by Crippen LogP contribution is -2.32. The first-order valence-corrected chi connectivity index (χ1v) is 6.28. The molecule has 0 saturated carbocycles. The van der Waals surface area contributed by atoms with Crippen molar-refractivity contribution in [2.75, 3.05) is 24.7 Å². The van der Waals surface area contributed by atoms with E-state index >= 15 is 0 Å². The van der Waals surface area contributed by atoms with Gasteiger partial charge >= 0.3 is 6.18 Å². The van der Waals surface area contributed by atoms with E-state index in [0.717, 1.165) is 4.90 Å². The van der Waals surface area contributed by atoms with Crippen LogP contribution in [-0.2, 0) is 0 Å². The quantitative estimate of drug-likeness (QED) is 0.505. The highest BCUT2D eigenvalue weighted by atomic mass is 32.2. The number of nitrogens with zero attached hydrogens (tertiary/aromatic N) is 1. The van der Waals surface area contributed by atoms with Gasteiger partial charge in [0.15, 0.2) is 0 Å². The van der Waals surface area contributed by atoms with Crippen molar-refractivity contribution >= 4 is 23.3 Å². The van der Waals surface area contributed by atoms with Gasteiger partial charge in [-0.2, -0.15) is 13.2 Å². The number of benzene rings is 1. The van der Waals surface area contributed by atoms with Crippen LogP contribution in [0.5, 0.6) is 0 Å². The number of nitrogen functional groups attached to an aromatic ring is 1. The molecule has 0 radical (unpaired) electrons. The molecule has 0 aromatic heterocycles. The molecule has 0 aliphatic rings. The molecule has 0 atom stereocenters. The molecule has 1 rings (SSSR count). The van der Waals surface area contributed by atoms with Crippen molar-refractivity contribution < 1.29 is 13.2 Å². The highest BCUT2D eigenvalue weighted by Gasteiger charge is 2.30. The van der Waals surface area contributed by atoms with Gasteiger partial charge in [0.2, 0.25) is 0 Å². The number of alkyl halides is 3. The van der Waals surface area contributed by atoms with Crippen LogP contribution in [0.1, 0.15) is 5.56 Å². The van der Waals surface area contributed by atoms with E-state index in [0.29, 0.717) is 16.1 Å². The number of thioether (sulfide) groups is 1. The second-order valence-electron chi connectivity index (χ2n) is 3.74. The summed E-state index contributed by atoms with van der Waals surface area (Å²) in [5.41, 5.74) is 6.11. The Balaban J connectivity index is 3.19. The molecule has 0 amide bonds. The van der Waals surface area contributed by atoms with Gasteiger partial charge in [0.1, 0.15) is 12.4 Å². The fourth-order valence-electron chi connectivity index (χ4n) is 1.63. The van der Waals surface area contributed by atoms with Gasteiger partial charge in [-0.25, -0.2) is 0 Å². The minimum atomic E-state index is -4.29. The number of hydrogen-bond donors (Lipinski definition) is 2. The normalized spacial score (nSPS) is 11.4. The maximum Gasteiger partial charge on any atom is 0.405 e. The molecule has 0 unspecified atom stereocenters.